The Hall–Kier alpha value is -3.96. The predicted molar refractivity (Wildman–Crippen MR) is 111 cm³/mol. The van der Waals surface area contributed by atoms with E-state index in [4.69, 9.17) is 0 Å². The summed E-state index contributed by atoms with van der Waals surface area (Å²) < 4.78 is 0. The topological polar surface area (TPSA) is 173 Å². The van der Waals surface area contributed by atoms with Gasteiger partial charge in [0, 0.05) is 18.1 Å². The van der Waals surface area contributed by atoms with Crippen LogP contribution in [0.15, 0.2) is 24.3 Å². The van der Waals surface area contributed by atoms with E-state index in [9.17, 15) is 40.5 Å². The minimum Gasteiger partial charge on any atom is -0.258 e. The summed E-state index contributed by atoms with van der Waals surface area (Å²) in [6.45, 7) is 5.94. The number of unbranched alkanes of at least 4 members (excludes halogenated alkanes) is 2. The summed E-state index contributed by atoms with van der Waals surface area (Å²) in [5.41, 5.74) is -2.34. The quantitative estimate of drug-likeness (QED) is 0.416. The van der Waals surface area contributed by atoms with Gasteiger partial charge < -0.3 is 0 Å². The zero-order valence-electron chi connectivity index (χ0n) is 17.1. The molecule has 3 rings (SSSR count). The fourth-order valence-corrected chi connectivity index (χ4v) is 3.51. The molecule has 1 aliphatic carbocycles. The molecule has 31 heavy (non-hydrogen) atoms. The molecule has 12 heteroatoms. The van der Waals surface area contributed by atoms with Crippen molar-refractivity contribution in [1.82, 2.24) is 0 Å². The molecular formula is C19H20N4O8. The van der Waals surface area contributed by atoms with E-state index in [1.54, 1.807) is 0 Å². The fourth-order valence-electron chi connectivity index (χ4n) is 3.51. The molecule has 2 aromatic rings. The van der Waals surface area contributed by atoms with Gasteiger partial charge >= 0.3 is 0 Å². The van der Waals surface area contributed by atoms with Crippen molar-refractivity contribution in [2.45, 2.75) is 46.0 Å². The molecule has 0 aliphatic heterocycles. The molecule has 0 bridgehead atoms. The number of benzene rings is 2. The summed E-state index contributed by atoms with van der Waals surface area (Å²) >= 11 is 0. The van der Waals surface area contributed by atoms with Crippen LogP contribution in [0.5, 0.6) is 0 Å². The number of rotatable bonds is 6. The fraction of sp³-hybridized carbons (Fsp3) is 0.368. The van der Waals surface area contributed by atoms with E-state index in [-0.39, 0.29) is 22.3 Å². The second-order valence-corrected chi connectivity index (χ2v) is 6.96. The molecule has 0 unspecified atom stereocenters. The van der Waals surface area contributed by atoms with Gasteiger partial charge in [-0.3, -0.25) is 40.5 Å². The molecule has 0 amide bonds. The Morgan fingerprint density at radius 3 is 1.26 bits per heavy atom. The number of nitro groups is 4. The Kier molecular flexibility index (Phi) is 6.95. The summed E-state index contributed by atoms with van der Waals surface area (Å²) in [6, 6.07) is 3.66. The van der Waals surface area contributed by atoms with E-state index in [0.717, 1.165) is 24.3 Å². The molecular weight excluding hydrogens is 412 g/mol. The highest BCUT2D eigenvalue weighted by Crippen LogP contribution is 2.54. The maximum atomic E-state index is 11.4. The molecule has 0 heterocycles. The van der Waals surface area contributed by atoms with Crippen LogP contribution in [0, 0.1) is 40.5 Å². The molecule has 164 valence electrons. The van der Waals surface area contributed by atoms with Crippen molar-refractivity contribution in [2.75, 3.05) is 0 Å². The van der Waals surface area contributed by atoms with Crippen molar-refractivity contribution in [3.05, 3.63) is 75.8 Å². The minimum atomic E-state index is -0.862. The first kappa shape index (κ1) is 23.3. The monoisotopic (exact) mass is 432 g/mol. The molecule has 2 aromatic carbocycles. The van der Waals surface area contributed by atoms with E-state index in [1.807, 2.05) is 0 Å². The second-order valence-electron chi connectivity index (χ2n) is 6.96. The van der Waals surface area contributed by atoms with Crippen LogP contribution in [-0.2, 0) is 0 Å². The Bertz CT molecular complexity index is 1000. The molecule has 0 atom stereocenters. The first-order valence-electron chi connectivity index (χ1n) is 9.48. The lowest BCUT2D eigenvalue weighted by molar-refractivity contribution is -0.395. The first-order valence-corrected chi connectivity index (χ1v) is 9.48. The summed E-state index contributed by atoms with van der Waals surface area (Å²) in [7, 11) is 0. The van der Waals surface area contributed by atoms with E-state index < -0.39 is 48.4 Å². The standard InChI is InChI=1S/C14H8N4O8.C5H12/c1-6-9-2-7(15(19)20)4-11(17(23)24)13(9)14-10(6)3-8(16(21)22)5-12(14)18(25)26;1-3-5-4-2/h2-6H,1H3;3-5H2,1-2H3. The average Bonchev–Trinajstić information content (AvgIpc) is 2.99. The zero-order valence-corrected chi connectivity index (χ0v) is 17.1. The highest BCUT2D eigenvalue weighted by atomic mass is 16.6. The largest absolute Gasteiger partial charge is 0.284 e. The Labute approximate surface area is 176 Å². The van der Waals surface area contributed by atoms with Gasteiger partial charge in [0.2, 0.25) is 0 Å². The first-order chi connectivity index (χ1) is 14.5. The second kappa shape index (κ2) is 9.24. The molecule has 0 N–H and O–H groups in total. The van der Waals surface area contributed by atoms with Crippen LogP contribution in [0.3, 0.4) is 0 Å². The highest BCUT2D eigenvalue weighted by molar-refractivity contribution is 5.92. The molecule has 1 aliphatic rings. The molecule has 0 saturated carbocycles. The van der Waals surface area contributed by atoms with Crippen LogP contribution in [0.25, 0.3) is 11.1 Å². The van der Waals surface area contributed by atoms with E-state index in [0.29, 0.717) is 0 Å². The Balaban J connectivity index is 0.000000614. The maximum absolute atomic E-state index is 11.4. The predicted octanol–water partition coefficient (Wildman–Crippen LogP) is 5.65. The molecule has 12 nitrogen and oxygen atoms in total. The van der Waals surface area contributed by atoms with E-state index in [2.05, 4.69) is 13.8 Å². The van der Waals surface area contributed by atoms with Crippen LogP contribution in [0.1, 0.15) is 57.1 Å². The highest BCUT2D eigenvalue weighted by Gasteiger charge is 2.41. The SMILES string of the molecule is CC1c2cc([N+](=O)[O-])cc([N+](=O)[O-])c2-c2c1cc([N+](=O)[O-])cc2[N+](=O)[O-].CCCCC. The maximum Gasteiger partial charge on any atom is 0.284 e. The van der Waals surface area contributed by atoms with Gasteiger partial charge in [0.05, 0.1) is 43.0 Å². The van der Waals surface area contributed by atoms with Crippen molar-refractivity contribution in [3.8, 4) is 11.1 Å². The van der Waals surface area contributed by atoms with Gasteiger partial charge in [0.15, 0.2) is 0 Å². The number of non-ortho nitro benzene ring substituents is 2. The number of nitro benzene ring substituents is 4. The Morgan fingerprint density at radius 2 is 1.03 bits per heavy atom. The minimum absolute atomic E-state index is 0.121. The molecule has 0 spiro atoms. The van der Waals surface area contributed by atoms with Crippen LogP contribution in [0.4, 0.5) is 22.7 Å². The van der Waals surface area contributed by atoms with Crippen molar-refractivity contribution in [3.63, 3.8) is 0 Å². The summed E-state index contributed by atoms with van der Waals surface area (Å²) in [4.78, 5) is 41.6. The van der Waals surface area contributed by atoms with Gasteiger partial charge in [0.1, 0.15) is 0 Å². The Morgan fingerprint density at radius 1 is 0.677 bits per heavy atom. The van der Waals surface area contributed by atoms with Gasteiger partial charge in [-0.1, -0.05) is 40.0 Å². The van der Waals surface area contributed by atoms with Crippen molar-refractivity contribution < 1.29 is 19.7 Å². The average molecular weight is 432 g/mol. The summed E-state index contributed by atoms with van der Waals surface area (Å²) in [5, 5.41) is 44.9. The molecule has 0 radical (unpaired) electrons. The van der Waals surface area contributed by atoms with Crippen molar-refractivity contribution >= 4 is 22.7 Å². The number of fused-ring (bicyclic) bond motifs is 3. The number of hydrogen-bond acceptors (Lipinski definition) is 8. The molecule has 0 aromatic heterocycles. The van der Waals surface area contributed by atoms with Crippen LogP contribution >= 0.6 is 0 Å². The lowest BCUT2D eigenvalue weighted by Crippen LogP contribution is -1.99. The third-order valence-electron chi connectivity index (χ3n) is 4.97. The van der Waals surface area contributed by atoms with Gasteiger partial charge in [-0.15, -0.1) is 0 Å². The third kappa shape index (κ3) is 4.47. The van der Waals surface area contributed by atoms with Gasteiger partial charge in [-0.2, -0.15) is 0 Å². The van der Waals surface area contributed by atoms with E-state index >= 15 is 0 Å². The third-order valence-corrected chi connectivity index (χ3v) is 4.97. The summed E-state index contributed by atoms with van der Waals surface area (Å²) in [5.74, 6) is -0.725. The lowest BCUT2D eigenvalue weighted by Gasteiger charge is -2.05. The smallest absolute Gasteiger partial charge is 0.258 e. The van der Waals surface area contributed by atoms with Gasteiger partial charge in [0.25, 0.3) is 22.7 Å². The number of nitrogens with zero attached hydrogens (tertiary/aromatic N) is 4. The van der Waals surface area contributed by atoms with Crippen LogP contribution in [0.2, 0.25) is 0 Å². The van der Waals surface area contributed by atoms with Crippen LogP contribution in [-0.4, -0.2) is 19.7 Å². The van der Waals surface area contributed by atoms with Gasteiger partial charge in [-0.05, 0) is 11.1 Å². The lowest BCUT2D eigenvalue weighted by atomic mass is 9.98. The van der Waals surface area contributed by atoms with Gasteiger partial charge in [-0.25, -0.2) is 0 Å². The molecule has 0 saturated heterocycles. The van der Waals surface area contributed by atoms with E-state index in [1.165, 1.54) is 26.2 Å². The van der Waals surface area contributed by atoms with Crippen LogP contribution < -0.4 is 0 Å². The normalized spacial score (nSPS) is 11.7. The van der Waals surface area contributed by atoms with Crippen molar-refractivity contribution in [1.29, 1.82) is 0 Å². The molecule has 0 fully saturated rings. The number of hydrogen-bond donors (Lipinski definition) is 0. The van der Waals surface area contributed by atoms with Crippen molar-refractivity contribution in [2.24, 2.45) is 0 Å². The zero-order chi connectivity index (χ0) is 23.5. The summed E-state index contributed by atoms with van der Waals surface area (Å²) in [6.07, 6.45) is 4.08.